The fraction of sp³-hybridized carbons (Fsp3) is 0.115. The molecule has 0 unspecified atom stereocenters. The third-order valence-electron chi connectivity index (χ3n) is 6.12. The highest BCUT2D eigenvalue weighted by Crippen LogP contribution is 2.52. The van der Waals surface area contributed by atoms with Gasteiger partial charge < -0.3 is 0 Å². The first-order valence-electron chi connectivity index (χ1n) is 10.2. The van der Waals surface area contributed by atoms with Crippen LogP contribution in [-0.2, 0) is 22.0 Å². The largest absolute Gasteiger partial charge is 0.289 e. The number of hydrogen-bond acceptors (Lipinski definition) is 3. The van der Waals surface area contributed by atoms with Crippen LogP contribution in [0.15, 0.2) is 95.1 Å². The molecule has 0 saturated heterocycles. The molecule has 0 fully saturated rings. The van der Waals surface area contributed by atoms with Gasteiger partial charge in [-0.3, -0.25) is 9.10 Å². The fourth-order valence-corrected chi connectivity index (χ4v) is 6.03. The lowest BCUT2D eigenvalue weighted by molar-refractivity contribution is 0.104. The van der Waals surface area contributed by atoms with Crippen molar-refractivity contribution in [1.29, 1.82) is 0 Å². The molecule has 0 aromatic heterocycles. The zero-order chi connectivity index (χ0) is 22.5. The molecule has 0 N–H and O–H groups in total. The van der Waals surface area contributed by atoms with Gasteiger partial charge in [0.25, 0.3) is 0 Å². The fourth-order valence-electron chi connectivity index (χ4n) is 4.69. The van der Waals surface area contributed by atoms with Crippen LogP contribution < -0.4 is 0 Å². The monoisotopic (exact) mass is 505 g/mol. The Hall–Kier alpha value is -2.96. The van der Waals surface area contributed by atoms with E-state index in [1.165, 1.54) is 10.6 Å². The molecule has 0 bridgehead atoms. The maximum Gasteiger partial charge on any atom is 0.232 e. The minimum Gasteiger partial charge on any atom is -0.289 e. The lowest BCUT2D eigenvalue weighted by atomic mass is 9.69. The van der Waals surface area contributed by atoms with Crippen LogP contribution in [0.2, 0.25) is 0 Å². The first kappa shape index (κ1) is 20.9. The third kappa shape index (κ3) is 3.17. The number of allylic oxidation sites excluding steroid dienone is 2. The van der Waals surface area contributed by atoms with Crippen LogP contribution in [0, 0.1) is 0 Å². The number of sulfonamides is 1. The number of fused-ring (bicyclic) bond motifs is 4. The van der Waals surface area contributed by atoms with Crippen LogP contribution in [0.25, 0.3) is 6.08 Å². The number of carbonyl (C=O) groups is 1. The van der Waals surface area contributed by atoms with Crippen molar-refractivity contribution in [3.8, 4) is 0 Å². The molecule has 1 spiro atoms. The van der Waals surface area contributed by atoms with Crippen molar-refractivity contribution in [3.05, 3.63) is 123 Å². The number of nitrogens with zero attached hydrogens (tertiary/aromatic N) is 1. The summed E-state index contributed by atoms with van der Waals surface area (Å²) in [7, 11) is -3.65. The van der Waals surface area contributed by atoms with Gasteiger partial charge in [0.2, 0.25) is 10.0 Å². The SMILES string of the molecule is CS(=O)(=O)N(Cc1ccccc1Br)C1=Cc2ccccc2[C@]12C=CC(=O)c1ccccc12. The van der Waals surface area contributed by atoms with Crippen molar-refractivity contribution in [2.45, 2.75) is 12.0 Å². The van der Waals surface area contributed by atoms with Crippen LogP contribution in [0.5, 0.6) is 0 Å². The average Bonchev–Trinajstić information content (AvgIpc) is 3.10. The second-order valence-electron chi connectivity index (χ2n) is 8.03. The summed E-state index contributed by atoms with van der Waals surface area (Å²) in [6.45, 7) is 0.172. The number of benzene rings is 3. The van der Waals surface area contributed by atoms with Crippen LogP contribution in [0.4, 0.5) is 0 Å². The van der Waals surface area contributed by atoms with E-state index in [1.54, 1.807) is 12.1 Å². The van der Waals surface area contributed by atoms with Gasteiger partial charge in [0.05, 0.1) is 18.2 Å². The Balaban J connectivity index is 1.78. The highest BCUT2D eigenvalue weighted by atomic mass is 79.9. The first-order chi connectivity index (χ1) is 15.3. The molecule has 0 radical (unpaired) electrons. The maximum absolute atomic E-state index is 13.2. The molecular weight excluding hydrogens is 486 g/mol. The predicted molar refractivity (Wildman–Crippen MR) is 130 cm³/mol. The van der Waals surface area contributed by atoms with Crippen LogP contribution in [0.3, 0.4) is 0 Å². The zero-order valence-corrected chi connectivity index (χ0v) is 19.7. The Labute approximate surface area is 196 Å². The molecule has 0 aliphatic heterocycles. The van der Waals surface area contributed by atoms with Crippen molar-refractivity contribution in [1.82, 2.24) is 4.31 Å². The van der Waals surface area contributed by atoms with E-state index >= 15 is 0 Å². The van der Waals surface area contributed by atoms with E-state index in [-0.39, 0.29) is 12.3 Å². The molecule has 0 amide bonds. The van der Waals surface area contributed by atoms with Crippen molar-refractivity contribution in [2.75, 3.05) is 6.26 Å². The summed E-state index contributed by atoms with van der Waals surface area (Å²) >= 11 is 3.55. The van der Waals surface area contributed by atoms with Gasteiger partial charge in [0, 0.05) is 15.7 Å². The Morgan fingerprint density at radius 1 is 0.906 bits per heavy atom. The van der Waals surface area contributed by atoms with Gasteiger partial charge in [0.15, 0.2) is 5.78 Å². The predicted octanol–water partition coefficient (Wildman–Crippen LogP) is 5.30. The summed E-state index contributed by atoms with van der Waals surface area (Å²) in [5.41, 5.74) is 3.90. The van der Waals surface area contributed by atoms with E-state index in [0.29, 0.717) is 11.3 Å². The zero-order valence-electron chi connectivity index (χ0n) is 17.3. The number of hydrogen-bond donors (Lipinski definition) is 0. The molecule has 4 nitrogen and oxygen atoms in total. The molecule has 3 aromatic rings. The van der Waals surface area contributed by atoms with Crippen molar-refractivity contribution >= 4 is 37.8 Å². The first-order valence-corrected chi connectivity index (χ1v) is 12.8. The van der Waals surface area contributed by atoms with Crippen LogP contribution >= 0.6 is 15.9 Å². The molecule has 5 rings (SSSR count). The molecule has 160 valence electrons. The summed E-state index contributed by atoms with van der Waals surface area (Å²) in [6.07, 6.45) is 6.58. The van der Waals surface area contributed by atoms with Crippen LogP contribution in [-0.4, -0.2) is 24.8 Å². The van der Waals surface area contributed by atoms with Crippen molar-refractivity contribution < 1.29 is 13.2 Å². The minimum absolute atomic E-state index is 0.0772. The van der Waals surface area contributed by atoms with E-state index in [9.17, 15) is 13.2 Å². The highest BCUT2D eigenvalue weighted by Gasteiger charge is 2.48. The minimum atomic E-state index is -3.65. The summed E-state index contributed by atoms with van der Waals surface area (Å²) in [6, 6.07) is 22.9. The van der Waals surface area contributed by atoms with Gasteiger partial charge in [-0.25, -0.2) is 8.42 Å². The number of ketones is 1. The molecule has 0 saturated carbocycles. The Morgan fingerprint density at radius 2 is 1.56 bits per heavy atom. The molecule has 2 aliphatic rings. The summed E-state index contributed by atoms with van der Waals surface area (Å²) in [4.78, 5) is 12.7. The molecule has 1 atom stereocenters. The summed E-state index contributed by atoms with van der Waals surface area (Å²) in [5, 5.41) is 0. The Kier molecular flexibility index (Phi) is 4.95. The number of carbonyl (C=O) groups excluding carboxylic acids is 1. The van der Waals surface area contributed by atoms with E-state index in [2.05, 4.69) is 15.9 Å². The smallest absolute Gasteiger partial charge is 0.232 e. The molecular formula is C26H20BrNO3S. The average molecular weight is 506 g/mol. The van der Waals surface area contributed by atoms with E-state index in [0.717, 1.165) is 26.7 Å². The van der Waals surface area contributed by atoms with Crippen molar-refractivity contribution in [3.63, 3.8) is 0 Å². The molecule has 0 heterocycles. The summed E-state index contributed by atoms with van der Waals surface area (Å²) < 4.78 is 28.6. The third-order valence-corrected chi connectivity index (χ3v) is 8.02. The van der Waals surface area contributed by atoms with Crippen LogP contribution in [0.1, 0.15) is 32.6 Å². The molecule has 2 aliphatic carbocycles. The van der Waals surface area contributed by atoms with E-state index in [4.69, 9.17) is 0 Å². The lowest BCUT2D eigenvalue weighted by Crippen LogP contribution is -2.41. The molecule has 3 aromatic carbocycles. The number of rotatable bonds is 4. The molecule has 6 heteroatoms. The second kappa shape index (κ2) is 7.57. The van der Waals surface area contributed by atoms with Gasteiger partial charge >= 0.3 is 0 Å². The lowest BCUT2D eigenvalue weighted by Gasteiger charge is -2.39. The van der Waals surface area contributed by atoms with Gasteiger partial charge in [-0.05, 0) is 40.5 Å². The maximum atomic E-state index is 13.2. The topological polar surface area (TPSA) is 54.5 Å². The molecule has 32 heavy (non-hydrogen) atoms. The normalized spacial score (nSPS) is 18.9. The van der Waals surface area contributed by atoms with Gasteiger partial charge in [-0.15, -0.1) is 0 Å². The quantitative estimate of drug-likeness (QED) is 0.483. The second-order valence-corrected chi connectivity index (χ2v) is 10.8. The summed E-state index contributed by atoms with van der Waals surface area (Å²) in [5.74, 6) is -0.0772. The van der Waals surface area contributed by atoms with E-state index < -0.39 is 15.4 Å². The highest BCUT2D eigenvalue weighted by molar-refractivity contribution is 9.10. The van der Waals surface area contributed by atoms with E-state index in [1.807, 2.05) is 78.9 Å². The Bertz CT molecular complexity index is 1420. The standard InChI is InChI=1S/C26H20BrNO3S/c1-32(30,31)28(17-19-9-3-7-13-23(19)27)25-16-18-8-2-5-11-21(18)26(25)15-14-24(29)20-10-4-6-12-22(20)26/h2-16H,17H2,1H3/t26-/m0/s1. The van der Waals surface area contributed by atoms with Gasteiger partial charge in [-0.2, -0.15) is 0 Å². The van der Waals surface area contributed by atoms with Gasteiger partial charge in [0.1, 0.15) is 0 Å². The Morgan fingerprint density at radius 3 is 2.31 bits per heavy atom. The number of halogens is 1. The van der Waals surface area contributed by atoms with Crippen molar-refractivity contribution in [2.24, 2.45) is 0 Å². The van der Waals surface area contributed by atoms with Gasteiger partial charge in [-0.1, -0.05) is 88.7 Å².